The molecule has 1 fully saturated rings. The Morgan fingerprint density at radius 1 is 0.806 bits per heavy atom. The number of anilines is 2. The molecule has 0 N–H and O–H groups in total. The van der Waals surface area contributed by atoms with Crippen LogP contribution < -0.4 is 19.3 Å². The number of rotatable bonds is 7. The second-order valence-corrected chi connectivity index (χ2v) is 8.20. The molecule has 7 nitrogen and oxygen atoms in total. The quantitative estimate of drug-likeness (QED) is 0.254. The molecule has 1 aliphatic heterocycles. The van der Waals surface area contributed by atoms with Crippen LogP contribution in [0.4, 0.5) is 16.2 Å². The highest BCUT2D eigenvalue weighted by Crippen LogP contribution is 2.34. The molecule has 0 spiro atoms. The lowest BCUT2D eigenvalue weighted by Gasteiger charge is -2.35. The molecule has 4 amide bonds. The van der Waals surface area contributed by atoms with Gasteiger partial charge in [-0.2, -0.15) is 0 Å². The van der Waals surface area contributed by atoms with E-state index in [1.54, 1.807) is 74.5 Å². The molecular formula is C29H26N2O5. The van der Waals surface area contributed by atoms with E-state index in [1.165, 1.54) is 13.2 Å². The lowest BCUT2D eigenvalue weighted by atomic mass is 10.0. The van der Waals surface area contributed by atoms with Gasteiger partial charge in [0.05, 0.1) is 18.5 Å². The number of hydrogen-bond donors (Lipinski definition) is 0. The van der Waals surface area contributed by atoms with Crippen molar-refractivity contribution in [3.05, 3.63) is 102 Å². The van der Waals surface area contributed by atoms with E-state index >= 15 is 0 Å². The summed E-state index contributed by atoms with van der Waals surface area (Å²) in [5.74, 6) is -0.464. The minimum atomic E-state index is -0.725. The summed E-state index contributed by atoms with van der Waals surface area (Å²) in [6.07, 6.45) is 3.08. The van der Waals surface area contributed by atoms with Crippen molar-refractivity contribution in [3.8, 4) is 11.5 Å². The van der Waals surface area contributed by atoms with Crippen LogP contribution in [0.3, 0.4) is 0 Å². The number of urea groups is 1. The van der Waals surface area contributed by atoms with Crippen LogP contribution >= 0.6 is 0 Å². The van der Waals surface area contributed by atoms with E-state index in [0.29, 0.717) is 35.0 Å². The first-order valence-electron chi connectivity index (χ1n) is 11.3. The van der Waals surface area contributed by atoms with Crippen molar-refractivity contribution in [2.24, 2.45) is 0 Å². The molecule has 0 bridgehead atoms. The van der Waals surface area contributed by atoms with Crippen LogP contribution in [0, 0.1) is 13.8 Å². The molecular weight excluding hydrogens is 456 g/mol. The van der Waals surface area contributed by atoms with Gasteiger partial charge in [-0.1, -0.05) is 55.1 Å². The van der Waals surface area contributed by atoms with Gasteiger partial charge in [-0.05, 0) is 60.9 Å². The molecule has 1 saturated heterocycles. The number of benzene rings is 3. The van der Waals surface area contributed by atoms with Gasteiger partial charge in [-0.3, -0.25) is 9.59 Å². The predicted molar refractivity (Wildman–Crippen MR) is 139 cm³/mol. The predicted octanol–water partition coefficient (Wildman–Crippen LogP) is 5.46. The van der Waals surface area contributed by atoms with Gasteiger partial charge in [0.2, 0.25) is 0 Å². The molecule has 0 unspecified atom stereocenters. The third kappa shape index (κ3) is 4.51. The highest BCUT2D eigenvalue weighted by molar-refractivity contribution is 6.46. The summed E-state index contributed by atoms with van der Waals surface area (Å²) >= 11 is 0. The van der Waals surface area contributed by atoms with Gasteiger partial charge in [0.1, 0.15) is 12.2 Å². The summed E-state index contributed by atoms with van der Waals surface area (Å²) in [7, 11) is 1.50. The number of amides is 4. The summed E-state index contributed by atoms with van der Waals surface area (Å²) in [6.45, 7) is 7.55. The van der Waals surface area contributed by atoms with E-state index in [1.807, 2.05) is 12.1 Å². The SMILES string of the molecule is C=CCOc1ccc(C=C2C(=O)N(c3ccccc3C)C(=O)N(c3ccccc3C)C2=O)cc1OC. The van der Waals surface area contributed by atoms with E-state index in [4.69, 9.17) is 9.47 Å². The monoisotopic (exact) mass is 482 g/mol. The molecule has 0 aromatic heterocycles. The highest BCUT2D eigenvalue weighted by atomic mass is 16.5. The van der Waals surface area contributed by atoms with Gasteiger partial charge in [-0.25, -0.2) is 14.6 Å². The molecule has 0 aliphatic carbocycles. The first-order valence-corrected chi connectivity index (χ1v) is 11.3. The molecule has 182 valence electrons. The Labute approximate surface area is 209 Å². The number of para-hydroxylation sites is 2. The van der Waals surface area contributed by atoms with Crippen LogP contribution in [0.1, 0.15) is 16.7 Å². The summed E-state index contributed by atoms with van der Waals surface area (Å²) in [6, 6.07) is 18.4. The van der Waals surface area contributed by atoms with Crippen LogP contribution in [0.2, 0.25) is 0 Å². The Balaban J connectivity index is 1.86. The number of carbonyl (C=O) groups excluding carboxylic acids is 3. The van der Waals surface area contributed by atoms with Crippen molar-refractivity contribution in [2.75, 3.05) is 23.5 Å². The second-order valence-electron chi connectivity index (χ2n) is 8.20. The Morgan fingerprint density at radius 3 is 1.86 bits per heavy atom. The Bertz CT molecular complexity index is 1320. The van der Waals surface area contributed by atoms with Crippen LogP contribution in [-0.4, -0.2) is 31.6 Å². The minimum absolute atomic E-state index is 0.150. The lowest BCUT2D eigenvalue weighted by molar-refractivity contribution is -0.121. The summed E-state index contributed by atoms with van der Waals surface area (Å²) in [5.41, 5.74) is 2.66. The molecule has 1 heterocycles. The lowest BCUT2D eigenvalue weighted by Crippen LogP contribution is -2.57. The third-order valence-electron chi connectivity index (χ3n) is 5.82. The van der Waals surface area contributed by atoms with Crippen molar-refractivity contribution >= 4 is 35.3 Å². The van der Waals surface area contributed by atoms with Gasteiger partial charge in [0.25, 0.3) is 11.8 Å². The number of aryl methyl sites for hydroxylation is 2. The standard InChI is InChI=1S/C29H26N2O5/c1-5-16-36-25-15-14-21(18-26(25)35-4)17-22-27(32)30(23-12-8-6-10-19(23)2)29(34)31(28(22)33)24-13-9-7-11-20(24)3/h5-15,17-18H,1,16H2,2-4H3. The molecule has 3 aromatic rings. The van der Waals surface area contributed by atoms with Gasteiger partial charge in [0, 0.05) is 0 Å². The molecule has 1 aliphatic rings. The molecule has 0 saturated carbocycles. The van der Waals surface area contributed by atoms with Crippen molar-refractivity contribution in [3.63, 3.8) is 0 Å². The average Bonchev–Trinajstić information content (AvgIpc) is 2.88. The fourth-order valence-electron chi connectivity index (χ4n) is 3.99. The zero-order valence-electron chi connectivity index (χ0n) is 20.4. The van der Waals surface area contributed by atoms with Crippen LogP contribution in [0.15, 0.2) is 85.0 Å². The number of methoxy groups -OCH3 is 1. The van der Waals surface area contributed by atoms with Crippen molar-refractivity contribution < 1.29 is 23.9 Å². The third-order valence-corrected chi connectivity index (χ3v) is 5.82. The summed E-state index contributed by atoms with van der Waals surface area (Å²) < 4.78 is 11.0. The van der Waals surface area contributed by atoms with Gasteiger partial charge in [0.15, 0.2) is 11.5 Å². The van der Waals surface area contributed by atoms with E-state index in [2.05, 4.69) is 6.58 Å². The number of nitrogens with zero attached hydrogens (tertiary/aromatic N) is 2. The maximum absolute atomic E-state index is 13.7. The number of carbonyl (C=O) groups is 3. The second kappa shape index (κ2) is 10.3. The van der Waals surface area contributed by atoms with E-state index < -0.39 is 17.8 Å². The zero-order valence-corrected chi connectivity index (χ0v) is 20.4. The van der Waals surface area contributed by atoms with Crippen LogP contribution in [-0.2, 0) is 9.59 Å². The number of hydrogen-bond acceptors (Lipinski definition) is 5. The van der Waals surface area contributed by atoms with Crippen LogP contribution in [0.5, 0.6) is 11.5 Å². The molecule has 4 rings (SSSR count). The van der Waals surface area contributed by atoms with Crippen LogP contribution in [0.25, 0.3) is 6.08 Å². The average molecular weight is 483 g/mol. The number of imide groups is 2. The number of ether oxygens (including phenoxy) is 2. The zero-order chi connectivity index (χ0) is 25.8. The van der Waals surface area contributed by atoms with Gasteiger partial charge >= 0.3 is 6.03 Å². The van der Waals surface area contributed by atoms with Crippen molar-refractivity contribution in [1.82, 2.24) is 0 Å². The smallest absolute Gasteiger partial charge is 0.343 e. The first-order chi connectivity index (χ1) is 17.4. The Kier molecular flexibility index (Phi) is 7.01. The Hall–Kier alpha value is -4.65. The van der Waals surface area contributed by atoms with E-state index in [0.717, 1.165) is 20.9 Å². The summed E-state index contributed by atoms with van der Waals surface area (Å²) in [5, 5.41) is 0. The topological polar surface area (TPSA) is 76.2 Å². The molecule has 3 aromatic carbocycles. The normalized spacial score (nSPS) is 13.6. The van der Waals surface area contributed by atoms with Gasteiger partial charge in [-0.15, -0.1) is 0 Å². The largest absolute Gasteiger partial charge is 0.493 e. The first kappa shape index (κ1) is 24.5. The highest BCUT2D eigenvalue weighted by Gasteiger charge is 2.44. The molecule has 7 heteroatoms. The van der Waals surface area contributed by atoms with E-state index in [9.17, 15) is 14.4 Å². The van der Waals surface area contributed by atoms with Gasteiger partial charge < -0.3 is 9.47 Å². The fourth-order valence-corrected chi connectivity index (χ4v) is 3.99. The molecule has 0 atom stereocenters. The van der Waals surface area contributed by atoms with Crippen molar-refractivity contribution in [1.29, 1.82) is 0 Å². The van der Waals surface area contributed by atoms with E-state index in [-0.39, 0.29) is 5.57 Å². The number of barbiturate groups is 1. The minimum Gasteiger partial charge on any atom is -0.493 e. The Morgan fingerprint density at radius 2 is 1.36 bits per heavy atom. The molecule has 0 radical (unpaired) electrons. The maximum Gasteiger partial charge on any atom is 0.343 e. The summed E-state index contributed by atoms with van der Waals surface area (Å²) in [4.78, 5) is 43.0. The maximum atomic E-state index is 13.7. The molecule has 36 heavy (non-hydrogen) atoms. The van der Waals surface area contributed by atoms with Crippen molar-refractivity contribution in [2.45, 2.75) is 13.8 Å². The fraction of sp³-hybridized carbons (Fsp3) is 0.138.